The first-order valence-corrected chi connectivity index (χ1v) is 5.15. The molecule has 0 bridgehead atoms. The second-order valence-electron chi connectivity index (χ2n) is 3.07. The van der Waals surface area contributed by atoms with Crippen LogP contribution in [0.3, 0.4) is 0 Å². The van der Waals surface area contributed by atoms with E-state index in [1.165, 1.54) is 11.3 Å². The highest BCUT2D eigenvalue weighted by molar-refractivity contribution is 7.15. The van der Waals surface area contributed by atoms with Crippen molar-refractivity contribution >= 4 is 29.4 Å². The maximum absolute atomic E-state index is 11.3. The lowest BCUT2D eigenvalue weighted by Gasteiger charge is -1.93. The van der Waals surface area contributed by atoms with Gasteiger partial charge in [0.05, 0.1) is 5.56 Å². The quantitative estimate of drug-likeness (QED) is 0.437. The van der Waals surface area contributed by atoms with Crippen molar-refractivity contribution in [1.29, 1.82) is 0 Å². The van der Waals surface area contributed by atoms with Crippen LogP contribution >= 0.6 is 11.3 Å². The molecule has 2 rings (SSSR count). The third-order valence-electron chi connectivity index (χ3n) is 2.14. The monoisotopic (exact) mass is 220 g/mol. The van der Waals surface area contributed by atoms with E-state index in [0.717, 1.165) is 10.4 Å². The molecule has 0 amide bonds. The zero-order valence-corrected chi connectivity index (χ0v) is 8.89. The minimum absolute atomic E-state index is 0.404. The van der Waals surface area contributed by atoms with E-state index in [2.05, 4.69) is 11.3 Å². The van der Waals surface area contributed by atoms with Gasteiger partial charge in [-0.2, -0.15) is 0 Å². The molecule has 1 aromatic heterocycles. The summed E-state index contributed by atoms with van der Waals surface area (Å²) in [7, 11) is 0. The van der Waals surface area contributed by atoms with E-state index in [1.54, 1.807) is 19.1 Å². The molecule has 1 aliphatic heterocycles. The van der Waals surface area contributed by atoms with Gasteiger partial charge in [0.15, 0.2) is 0 Å². The Balaban J connectivity index is 2.56. The summed E-state index contributed by atoms with van der Waals surface area (Å²) in [6.07, 6.45) is 5.24. The molecule has 15 heavy (non-hydrogen) atoms. The van der Waals surface area contributed by atoms with Gasteiger partial charge in [0.25, 0.3) is 0 Å². The zero-order valence-electron chi connectivity index (χ0n) is 8.07. The van der Waals surface area contributed by atoms with E-state index in [0.29, 0.717) is 10.4 Å². The van der Waals surface area contributed by atoms with E-state index in [-0.39, 0.29) is 0 Å². The highest BCUT2D eigenvalue weighted by Gasteiger charge is 2.34. The van der Waals surface area contributed by atoms with E-state index >= 15 is 0 Å². The van der Waals surface area contributed by atoms with E-state index in [4.69, 9.17) is 0 Å². The Kier molecular flexibility index (Phi) is 2.28. The Labute approximate surface area is 90.7 Å². The van der Waals surface area contributed by atoms with Gasteiger partial charge in [-0.05, 0) is 18.6 Å². The molecule has 0 fully saturated rings. The smallest absolute Gasteiger partial charge is 0.357 e. The van der Waals surface area contributed by atoms with Gasteiger partial charge in [0.2, 0.25) is 0 Å². The molecule has 0 spiro atoms. The van der Waals surface area contributed by atoms with Gasteiger partial charge in [-0.25, -0.2) is 9.59 Å². The topological polar surface area (TPSA) is 43.4 Å². The van der Waals surface area contributed by atoms with Crippen LogP contribution in [0.1, 0.15) is 30.5 Å². The fourth-order valence-electron chi connectivity index (χ4n) is 1.42. The van der Waals surface area contributed by atoms with Crippen LogP contribution in [-0.2, 0) is 4.74 Å². The first-order chi connectivity index (χ1) is 7.15. The molecule has 0 saturated heterocycles. The summed E-state index contributed by atoms with van der Waals surface area (Å²) in [5.74, 6) is -1.08. The van der Waals surface area contributed by atoms with Crippen LogP contribution in [-0.4, -0.2) is 11.9 Å². The Morgan fingerprint density at radius 1 is 1.33 bits per heavy atom. The molecule has 0 unspecified atom stereocenters. The Bertz CT molecular complexity index is 494. The maximum Gasteiger partial charge on any atom is 0.357 e. The summed E-state index contributed by atoms with van der Waals surface area (Å²) in [5, 5.41) is 0. The molecule has 0 atom stereocenters. The predicted octanol–water partition coefficient (Wildman–Crippen LogP) is 2.57. The van der Waals surface area contributed by atoms with Crippen molar-refractivity contribution in [3.63, 3.8) is 0 Å². The number of thiophene rings is 1. The van der Waals surface area contributed by atoms with Gasteiger partial charge in [0.1, 0.15) is 4.88 Å². The van der Waals surface area contributed by atoms with Gasteiger partial charge >= 0.3 is 11.9 Å². The summed E-state index contributed by atoms with van der Waals surface area (Å²) >= 11 is 1.27. The van der Waals surface area contributed by atoms with Crippen molar-refractivity contribution in [3.05, 3.63) is 39.6 Å². The fraction of sp³-hybridized carbons (Fsp3) is 0.0909. The van der Waals surface area contributed by atoms with Crippen LogP contribution in [0.5, 0.6) is 0 Å². The molecule has 0 aliphatic carbocycles. The molecule has 0 saturated carbocycles. The number of hydrogen-bond donors (Lipinski definition) is 0. The average molecular weight is 220 g/mol. The standard InChI is InChI=1S/C11H8O3S/c1-3-4-5-7-6(2)8-9(15-7)11(13)14-10(8)12/h3-5H,1H2,2H3/b5-4-. The van der Waals surface area contributed by atoms with Crippen molar-refractivity contribution in [2.24, 2.45) is 0 Å². The van der Waals surface area contributed by atoms with Gasteiger partial charge < -0.3 is 4.74 Å². The van der Waals surface area contributed by atoms with E-state index in [1.807, 2.05) is 6.08 Å². The first-order valence-electron chi connectivity index (χ1n) is 4.34. The number of cyclic esters (lactones) is 2. The molecule has 4 heteroatoms. The maximum atomic E-state index is 11.3. The van der Waals surface area contributed by atoms with Gasteiger partial charge in [-0.1, -0.05) is 18.7 Å². The number of hydrogen-bond acceptors (Lipinski definition) is 4. The van der Waals surface area contributed by atoms with Gasteiger partial charge in [-0.3, -0.25) is 0 Å². The number of esters is 2. The molecular formula is C11H8O3S. The van der Waals surface area contributed by atoms with Crippen LogP contribution in [0.4, 0.5) is 0 Å². The minimum atomic E-state index is -0.540. The molecule has 2 heterocycles. The van der Waals surface area contributed by atoms with Crippen molar-refractivity contribution in [1.82, 2.24) is 0 Å². The SMILES string of the molecule is C=C/C=C\c1sc2c(c1C)C(=O)OC2=O. The van der Waals surface area contributed by atoms with Crippen LogP contribution in [0.15, 0.2) is 18.7 Å². The van der Waals surface area contributed by atoms with Crippen LogP contribution in [0.25, 0.3) is 6.08 Å². The largest absolute Gasteiger partial charge is 0.385 e. The predicted molar refractivity (Wildman–Crippen MR) is 58.0 cm³/mol. The van der Waals surface area contributed by atoms with Crippen molar-refractivity contribution < 1.29 is 14.3 Å². The first kappa shape index (κ1) is 9.86. The second-order valence-corrected chi connectivity index (χ2v) is 4.12. The Morgan fingerprint density at radius 3 is 2.67 bits per heavy atom. The van der Waals surface area contributed by atoms with Crippen LogP contribution in [0, 0.1) is 6.92 Å². The van der Waals surface area contributed by atoms with Crippen molar-refractivity contribution in [2.45, 2.75) is 6.92 Å². The summed E-state index contributed by atoms with van der Waals surface area (Å²) in [4.78, 5) is 23.8. The number of ether oxygens (including phenoxy) is 1. The van der Waals surface area contributed by atoms with Crippen LogP contribution in [0.2, 0.25) is 0 Å². The normalized spacial score (nSPS) is 14.5. The summed E-state index contributed by atoms with van der Waals surface area (Å²) in [6.45, 7) is 5.36. The molecule has 0 radical (unpaired) electrons. The Hall–Kier alpha value is -1.68. The lowest BCUT2D eigenvalue weighted by atomic mass is 10.1. The average Bonchev–Trinajstić information content (AvgIpc) is 2.65. The summed E-state index contributed by atoms with van der Waals surface area (Å²) in [6, 6.07) is 0. The fourth-order valence-corrected chi connectivity index (χ4v) is 2.50. The molecule has 0 aromatic carbocycles. The second kappa shape index (κ2) is 3.47. The van der Waals surface area contributed by atoms with E-state index < -0.39 is 11.9 Å². The molecule has 0 N–H and O–H groups in total. The molecular weight excluding hydrogens is 212 g/mol. The number of carbonyl (C=O) groups is 2. The third kappa shape index (κ3) is 1.43. The molecule has 3 nitrogen and oxygen atoms in total. The van der Waals surface area contributed by atoms with Gasteiger partial charge in [0, 0.05) is 4.88 Å². The molecule has 76 valence electrons. The van der Waals surface area contributed by atoms with Crippen LogP contribution < -0.4 is 0 Å². The van der Waals surface area contributed by atoms with Crippen molar-refractivity contribution in [3.8, 4) is 0 Å². The highest BCUT2D eigenvalue weighted by Crippen LogP contribution is 2.34. The number of allylic oxidation sites excluding steroid dienone is 2. The van der Waals surface area contributed by atoms with Gasteiger partial charge in [-0.15, -0.1) is 11.3 Å². The highest BCUT2D eigenvalue weighted by atomic mass is 32.1. The molecule has 1 aromatic rings. The lowest BCUT2D eigenvalue weighted by molar-refractivity contribution is 0.0445. The Morgan fingerprint density at radius 2 is 2.07 bits per heavy atom. The zero-order chi connectivity index (χ0) is 11.0. The number of rotatable bonds is 2. The third-order valence-corrected chi connectivity index (χ3v) is 3.38. The minimum Gasteiger partial charge on any atom is -0.385 e. The summed E-state index contributed by atoms with van der Waals surface area (Å²) < 4.78 is 4.50. The number of carbonyl (C=O) groups excluding carboxylic acids is 2. The van der Waals surface area contributed by atoms with E-state index in [9.17, 15) is 9.59 Å². The number of fused-ring (bicyclic) bond motifs is 1. The molecule has 1 aliphatic rings. The van der Waals surface area contributed by atoms with Crippen molar-refractivity contribution in [2.75, 3.05) is 0 Å². The lowest BCUT2D eigenvalue weighted by Crippen LogP contribution is -1.99. The summed E-state index contributed by atoms with van der Waals surface area (Å²) in [5.41, 5.74) is 1.21.